The number of ketones is 2. The molecule has 3 fully saturated rings. The van der Waals surface area contributed by atoms with Gasteiger partial charge >= 0.3 is 5.97 Å². The molecule has 0 aliphatic heterocycles. The van der Waals surface area contributed by atoms with Gasteiger partial charge < -0.3 is 9.84 Å². The second kappa shape index (κ2) is 8.58. The molecule has 8 atom stereocenters. The van der Waals surface area contributed by atoms with Gasteiger partial charge in [0.1, 0.15) is 0 Å². The zero-order valence-corrected chi connectivity index (χ0v) is 21.5. The summed E-state index contributed by atoms with van der Waals surface area (Å²) in [5.74, 6) is -2.07. The second-order valence-corrected chi connectivity index (χ2v) is 11.6. The topological polar surface area (TPSA) is 80.7 Å². The van der Waals surface area contributed by atoms with Crippen LogP contribution in [-0.2, 0) is 19.1 Å². The molecule has 0 amide bonds. The number of fused-ring (bicyclic) bond motifs is 5. The minimum atomic E-state index is -1.98. The van der Waals surface area contributed by atoms with E-state index in [9.17, 15) is 19.5 Å². The number of unbranched alkanes of at least 4 members (excludes halogenated alkanes) is 1. The Bertz CT molecular complexity index is 961. The summed E-state index contributed by atoms with van der Waals surface area (Å²) < 4.78 is 23.4. The predicted octanol–water partition coefficient (Wildman–Crippen LogP) is 4.57. The van der Waals surface area contributed by atoms with E-state index < -0.39 is 40.1 Å². The fraction of sp³-hybridized carbons (Fsp3) is 0.741. The Hall–Kier alpha value is -1.47. The van der Waals surface area contributed by atoms with Gasteiger partial charge in [0.25, 0.3) is 0 Å². The van der Waals surface area contributed by atoms with E-state index >= 15 is 4.39 Å². The molecule has 0 spiro atoms. The zero-order valence-electron chi connectivity index (χ0n) is 20.6. The third-order valence-corrected chi connectivity index (χ3v) is 10.0. The lowest BCUT2D eigenvalue weighted by Crippen LogP contribution is -2.70. The van der Waals surface area contributed by atoms with Gasteiger partial charge in [-0.2, -0.15) is 12.6 Å². The highest BCUT2D eigenvalue weighted by atomic mass is 32.1. The molecular formula is C27H37FO5S. The minimum Gasteiger partial charge on any atom is -0.450 e. The molecule has 3 saturated carbocycles. The Morgan fingerprint density at radius 2 is 2.00 bits per heavy atom. The van der Waals surface area contributed by atoms with E-state index in [1.165, 1.54) is 12.2 Å². The molecule has 0 heterocycles. The van der Waals surface area contributed by atoms with E-state index in [1.54, 1.807) is 13.0 Å². The van der Waals surface area contributed by atoms with Crippen molar-refractivity contribution in [2.75, 3.05) is 5.75 Å². The number of ether oxygens (including phenoxy) is 1. The molecule has 0 bridgehead atoms. The summed E-state index contributed by atoms with van der Waals surface area (Å²) in [5.41, 5.74) is -4.72. The summed E-state index contributed by atoms with van der Waals surface area (Å²) in [7, 11) is 0. The van der Waals surface area contributed by atoms with E-state index in [0.29, 0.717) is 25.7 Å². The molecule has 4 aliphatic carbocycles. The third kappa shape index (κ3) is 3.18. The third-order valence-electron chi connectivity index (χ3n) is 9.75. The average Bonchev–Trinajstić information content (AvgIpc) is 3.00. The van der Waals surface area contributed by atoms with E-state index in [4.69, 9.17) is 4.74 Å². The lowest BCUT2D eigenvalue weighted by molar-refractivity contribution is -0.227. The zero-order chi connectivity index (χ0) is 25.1. The first-order valence-electron chi connectivity index (χ1n) is 12.6. The monoisotopic (exact) mass is 492 g/mol. The normalized spacial score (nSPS) is 45.1. The van der Waals surface area contributed by atoms with Gasteiger partial charge in [0.05, 0.1) is 11.9 Å². The van der Waals surface area contributed by atoms with Crippen molar-refractivity contribution in [3.63, 3.8) is 0 Å². The Balaban J connectivity index is 1.80. The Kier molecular flexibility index (Phi) is 6.46. The minimum absolute atomic E-state index is 0.000237. The molecular weight excluding hydrogens is 455 g/mol. The van der Waals surface area contributed by atoms with Crippen molar-refractivity contribution in [3.05, 3.63) is 23.8 Å². The number of esters is 1. The van der Waals surface area contributed by atoms with Crippen LogP contribution in [0.5, 0.6) is 0 Å². The fourth-order valence-corrected chi connectivity index (χ4v) is 8.30. The number of hydrogen-bond acceptors (Lipinski definition) is 6. The van der Waals surface area contributed by atoms with Crippen molar-refractivity contribution >= 4 is 30.2 Å². The summed E-state index contributed by atoms with van der Waals surface area (Å²) in [6, 6.07) is 0. The Morgan fingerprint density at radius 3 is 2.65 bits per heavy atom. The number of thiol groups is 1. The lowest BCUT2D eigenvalue weighted by Gasteiger charge is -2.62. The molecule has 34 heavy (non-hydrogen) atoms. The number of halogens is 1. The number of carbonyl (C=O) groups excluding carboxylic acids is 3. The van der Waals surface area contributed by atoms with Crippen molar-refractivity contribution in [2.45, 2.75) is 90.0 Å². The van der Waals surface area contributed by atoms with Crippen molar-refractivity contribution in [2.24, 2.45) is 28.6 Å². The van der Waals surface area contributed by atoms with Gasteiger partial charge in [-0.05, 0) is 57.1 Å². The van der Waals surface area contributed by atoms with Crippen LogP contribution in [0.1, 0.15) is 72.6 Å². The molecule has 188 valence electrons. The maximum Gasteiger partial charge on any atom is 0.306 e. The Labute approximate surface area is 207 Å². The lowest BCUT2D eigenvalue weighted by atomic mass is 9.44. The van der Waals surface area contributed by atoms with Gasteiger partial charge in [0.2, 0.25) is 0 Å². The number of aliphatic hydroxyl groups is 1. The summed E-state index contributed by atoms with van der Waals surface area (Å²) in [6.45, 7) is 7.55. The van der Waals surface area contributed by atoms with Crippen LogP contribution in [0, 0.1) is 28.6 Å². The van der Waals surface area contributed by atoms with Crippen LogP contribution >= 0.6 is 12.6 Å². The van der Waals surface area contributed by atoms with E-state index in [-0.39, 0.29) is 42.0 Å². The second-order valence-electron chi connectivity index (χ2n) is 11.3. The smallest absolute Gasteiger partial charge is 0.306 e. The number of hydrogen-bond donors (Lipinski definition) is 2. The molecule has 0 aromatic carbocycles. The quantitative estimate of drug-likeness (QED) is 0.419. The van der Waals surface area contributed by atoms with Crippen LogP contribution in [0.4, 0.5) is 4.39 Å². The number of rotatable bonds is 6. The molecule has 2 unspecified atom stereocenters. The largest absolute Gasteiger partial charge is 0.450 e. The van der Waals surface area contributed by atoms with Gasteiger partial charge in [-0.3, -0.25) is 14.4 Å². The maximum absolute atomic E-state index is 17.3. The number of alkyl halides is 1. The first-order valence-corrected chi connectivity index (χ1v) is 13.2. The molecule has 0 saturated heterocycles. The number of carbonyl (C=O) groups is 3. The van der Waals surface area contributed by atoms with Crippen LogP contribution in [0.15, 0.2) is 23.8 Å². The fourth-order valence-electron chi connectivity index (χ4n) is 8.07. The average molecular weight is 493 g/mol. The highest BCUT2D eigenvalue weighted by molar-refractivity contribution is 7.81. The molecule has 0 radical (unpaired) electrons. The van der Waals surface area contributed by atoms with Crippen LogP contribution in [0.25, 0.3) is 0 Å². The first-order chi connectivity index (χ1) is 15.9. The summed E-state index contributed by atoms with van der Waals surface area (Å²) in [6.07, 6.45) is 6.42. The van der Waals surface area contributed by atoms with Gasteiger partial charge in [-0.25, -0.2) is 4.39 Å². The molecule has 5 nitrogen and oxygen atoms in total. The predicted molar refractivity (Wildman–Crippen MR) is 130 cm³/mol. The highest BCUT2D eigenvalue weighted by Crippen LogP contribution is 2.71. The molecule has 4 aliphatic rings. The van der Waals surface area contributed by atoms with E-state index in [2.05, 4.69) is 12.6 Å². The molecule has 7 heteroatoms. The Morgan fingerprint density at radius 1 is 1.29 bits per heavy atom. The van der Waals surface area contributed by atoms with Gasteiger partial charge in [0.15, 0.2) is 22.8 Å². The van der Waals surface area contributed by atoms with Crippen molar-refractivity contribution in [1.82, 2.24) is 0 Å². The standard InChI is InChI=1S/C27H37FO5S/c1-5-6-7-23(32)33-27(22(31)15-34)16(2)12-20-19-9-8-17-13-18(29)10-11-24(17,3)26(19,28)21(30)14-25(20,27)4/h10-11,13,16,19-21,30,34H,5-9,12,14-15H2,1-4H3/t16-,19-,20-,21?,24-,25-,26?,27-/m0/s1. The molecule has 0 aromatic rings. The summed E-state index contributed by atoms with van der Waals surface area (Å²) in [4.78, 5) is 38.4. The van der Waals surface area contributed by atoms with Crippen LogP contribution in [-0.4, -0.2) is 45.8 Å². The van der Waals surface area contributed by atoms with Crippen molar-refractivity contribution in [3.8, 4) is 0 Å². The van der Waals surface area contributed by atoms with Crippen LogP contribution in [0.2, 0.25) is 0 Å². The molecule has 4 rings (SSSR count). The maximum atomic E-state index is 17.3. The van der Waals surface area contributed by atoms with E-state index in [0.717, 1.165) is 12.0 Å². The molecule has 0 aromatic heterocycles. The highest BCUT2D eigenvalue weighted by Gasteiger charge is 2.77. The van der Waals surface area contributed by atoms with Gasteiger partial charge in [-0.15, -0.1) is 0 Å². The summed E-state index contributed by atoms with van der Waals surface area (Å²) in [5, 5.41) is 11.5. The SMILES string of the molecule is CCCCC(=O)O[C@]1(C(=O)CS)[C@@H](C)C[C@H]2[C@@H]3CCC4=CC(=O)C=C[C@]4(C)C3(F)C(O)C[C@@]21C. The number of Topliss-reactive ketones (excluding diaryl/α,β-unsaturated/α-hetero) is 1. The van der Waals surface area contributed by atoms with E-state index in [1.807, 2.05) is 20.8 Å². The number of allylic oxidation sites excluding steroid dienone is 4. The van der Waals surface area contributed by atoms with Crippen molar-refractivity contribution < 1.29 is 28.6 Å². The van der Waals surface area contributed by atoms with Crippen LogP contribution in [0.3, 0.4) is 0 Å². The van der Waals surface area contributed by atoms with Crippen LogP contribution < -0.4 is 0 Å². The summed E-state index contributed by atoms with van der Waals surface area (Å²) >= 11 is 4.26. The van der Waals surface area contributed by atoms with Crippen molar-refractivity contribution in [1.29, 1.82) is 0 Å². The first kappa shape index (κ1) is 25.6. The van der Waals surface area contributed by atoms with Gasteiger partial charge in [0, 0.05) is 29.1 Å². The van der Waals surface area contributed by atoms with Gasteiger partial charge in [-0.1, -0.05) is 38.8 Å². The molecule has 1 N–H and O–H groups in total. The number of aliphatic hydroxyl groups excluding tert-OH is 1.